The van der Waals surface area contributed by atoms with Gasteiger partial charge in [-0.1, -0.05) is 0 Å². The molecular weight excluding hydrogens is 161 g/mol. The Balaban J connectivity index is 0. The summed E-state index contributed by atoms with van der Waals surface area (Å²) in [5, 5.41) is 17.9. The Morgan fingerprint density at radius 2 is 1.14 bits per heavy atom. The molecule has 0 spiro atoms. The summed E-state index contributed by atoms with van der Waals surface area (Å²) in [4.78, 5) is 17.9. The van der Waals surface area contributed by atoms with Crippen molar-refractivity contribution in [1.29, 1.82) is 0 Å². The molecule has 0 saturated heterocycles. The van der Waals surface area contributed by atoms with Gasteiger partial charge in [-0.3, -0.25) is 0 Å². The number of rotatable bonds is 0. The van der Waals surface area contributed by atoms with Gasteiger partial charge in [0.15, 0.2) is 0 Å². The van der Waals surface area contributed by atoms with Crippen molar-refractivity contribution < 1.29 is 19.8 Å². The number of hydrogen-bond donors (Lipinski definition) is 0. The fourth-order valence-corrected chi connectivity index (χ4v) is 0. The van der Waals surface area contributed by atoms with Gasteiger partial charge in [0.2, 0.25) is 0 Å². The van der Waals surface area contributed by atoms with Crippen LogP contribution in [0.3, 0.4) is 0 Å². The van der Waals surface area contributed by atoms with E-state index in [1.54, 1.807) is 0 Å². The third-order valence-corrected chi connectivity index (χ3v) is 0.167. The van der Waals surface area contributed by atoms with Crippen molar-refractivity contribution in [1.82, 2.24) is 0 Å². The van der Waals surface area contributed by atoms with E-state index in [2.05, 4.69) is 0 Å². The zero-order valence-electron chi connectivity index (χ0n) is 3.13. The molecule has 0 aliphatic rings. The minimum absolute atomic E-state index is 0. The number of carboxylic acids is 2. The molecule has 0 amide bonds. The van der Waals surface area contributed by atoms with Crippen LogP contribution in [-0.4, -0.2) is 29.5 Å². The maximum atomic E-state index is 8.93. The summed E-state index contributed by atoms with van der Waals surface area (Å²) in [5.41, 5.74) is 0. The maximum absolute atomic E-state index is 8.93. The van der Waals surface area contributed by atoms with E-state index in [1.807, 2.05) is 0 Å². The molecule has 0 bridgehead atoms. The van der Waals surface area contributed by atoms with Gasteiger partial charge in [0.05, 0.1) is 11.9 Å². The SMILES string of the molecule is O=C([O-])C(=O)[O-].[Ge+2]. The van der Waals surface area contributed by atoms with E-state index in [1.165, 1.54) is 0 Å². The Bertz CT molecular complexity index is 75.7. The summed E-state index contributed by atoms with van der Waals surface area (Å²) in [5.74, 6) is -4.37. The van der Waals surface area contributed by atoms with Crippen molar-refractivity contribution >= 4 is 29.5 Å². The molecule has 7 heavy (non-hydrogen) atoms. The maximum Gasteiger partial charge on any atom is 2.00 e. The van der Waals surface area contributed by atoms with Gasteiger partial charge < -0.3 is 19.8 Å². The summed E-state index contributed by atoms with van der Waals surface area (Å²) < 4.78 is 0. The summed E-state index contributed by atoms with van der Waals surface area (Å²) >= 11 is 0. The molecule has 2 radical (unpaired) electrons. The zero-order valence-corrected chi connectivity index (χ0v) is 5.23. The summed E-state index contributed by atoms with van der Waals surface area (Å²) in [6, 6.07) is 0. The van der Waals surface area contributed by atoms with E-state index < -0.39 is 11.9 Å². The van der Waals surface area contributed by atoms with Crippen LogP contribution < -0.4 is 10.2 Å². The monoisotopic (exact) mass is 162 g/mol. The van der Waals surface area contributed by atoms with Crippen molar-refractivity contribution in [2.75, 3.05) is 0 Å². The molecule has 0 rings (SSSR count). The largest absolute Gasteiger partial charge is 2.00 e. The molecule has 36 valence electrons. The van der Waals surface area contributed by atoms with Gasteiger partial charge in [-0.05, 0) is 0 Å². The van der Waals surface area contributed by atoms with Gasteiger partial charge in [0.1, 0.15) is 0 Å². The minimum Gasteiger partial charge on any atom is -0.543 e. The predicted octanol–water partition coefficient (Wildman–Crippen LogP) is -3.89. The number of aliphatic carboxylic acids is 2. The second-order valence-corrected chi connectivity index (χ2v) is 0.575. The zero-order chi connectivity index (χ0) is 5.15. The molecule has 0 fully saturated rings. The van der Waals surface area contributed by atoms with Crippen LogP contribution in [-0.2, 0) is 9.59 Å². The topological polar surface area (TPSA) is 80.3 Å². The van der Waals surface area contributed by atoms with Crippen LogP contribution in [0.1, 0.15) is 0 Å². The molecule has 0 aromatic carbocycles. The molecule has 4 nitrogen and oxygen atoms in total. The number of carboxylic acid groups (broad SMARTS) is 2. The van der Waals surface area contributed by atoms with Gasteiger partial charge in [-0.2, -0.15) is 0 Å². The van der Waals surface area contributed by atoms with Crippen LogP contribution in [0.25, 0.3) is 0 Å². The fraction of sp³-hybridized carbons (Fsp3) is 0. The van der Waals surface area contributed by atoms with Crippen LogP contribution in [0.4, 0.5) is 0 Å². The van der Waals surface area contributed by atoms with Crippen molar-refractivity contribution in [2.45, 2.75) is 0 Å². The number of carbonyl (C=O) groups is 2. The first-order valence-electron chi connectivity index (χ1n) is 1.07. The number of carbonyl (C=O) groups excluding carboxylic acids is 2. The average molecular weight is 161 g/mol. The molecule has 0 heterocycles. The average Bonchev–Trinajstić information content (AvgIpc) is 1.36. The molecule has 0 aliphatic carbocycles. The molecule has 5 heteroatoms. The predicted molar refractivity (Wildman–Crippen MR) is 15.8 cm³/mol. The molecule has 0 aliphatic heterocycles. The third-order valence-electron chi connectivity index (χ3n) is 0.167. The van der Waals surface area contributed by atoms with Crippen molar-refractivity contribution in [3.8, 4) is 0 Å². The van der Waals surface area contributed by atoms with E-state index in [-0.39, 0.29) is 17.6 Å². The van der Waals surface area contributed by atoms with Crippen LogP contribution in [0.5, 0.6) is 0 Å². The molecule has 0 aromatic rings. The first-order valence-corrected chi connectivity index (χ1v) is 1.07. The Kier molecular flexibility index (Phi) is 5.08. The Hall–Kier alpha value is -0.517. The van der Waals surface area contributed by atoms with Gasteiger partial charge in [-0.25, -0.2) is 0 Å². The van der Waals surface area contributed by atoms with Crippen LogP contribution >= 0.6 is 0 Å². The first-order chi connectivity index (χ1) is 2.64. The van der Waals surface area contributed by atoms with Crippen LogP contribution in [0, 0.1) is 0 Å². The molecule has 0 N–H and O–H groups in total. The fourth-order valence-electron chi connectivity index (χ4n) is 0. The third kappa shape index (κ3) is 5.48. The summed E-state index contributed by atoms with van der Waals surface area (Å²) in [6.07, 6.45) is 0. The molecule has 0 saturated carbocycles. The van der Waals surface area contributed by atoms with E-state index in [0.717, 1.165) is 0 Å². The Morgan fingerprint density at radius 3 is 1.14 bits per heavy atom. The van der Waals surface area contributed by atoms with E-state index in [4.69, 9.17) is 19.8 Å². The normalized spacial score (nSPS) is 6.29. The summed E-state index contributed by atoms with van der Waals surface area (Å²) in [7, 11) is 0. The Morgan fingerprint density at radius 1 is 1.00 bits per heavy atom. The standard InChI is InChI=1S/C2H2O4.Ge/c3-1(4)2(5)6;/h(H,3,4)(H,5,6);/q;+2/p-2. The van der Waals surface area contributed by atoms with E-state index in [0.29, 0.717) is 0 Å². The van der Waals surface area contributed by atoms with E-state index >= 15 is 0 Å². The molecule has 0 aromatic heterocycles. The molecule has 0 unspecified atom stereocenters. The van der Waals surface area contributed by atoms with Gasteiger partial charge >= 0.3 is 17.6 Å². The smallest absolute Gasteiger partial charge is 0.543 e. The van der Waals surface area contributed by atoms with Crippen molar-refractivity contribution in [3.05, 3.63) is 0 Å². The van der Waals surface area contributed by atoms with Gasteiger partial charge in [0, 0.05) is 0 Å². The van der Waals surface area contributed by atoms with Crippen molar-refractivity contribution in [2.24, 2.45) is 0 Å². The first kappa shape index (κ1) is 9.70. The Labute approximate surface area is 50.1 Å². The quantitative estimate of drug-likeness (QED) is 0.268. The second kappa shape index (κ2) is 3.67. The summed E-state index contributed by atoms with van der Waals surface area (Å²) in [6.45, 7) is 0. The van der Waals surface area contributed by atoms with Gasteiger partial charge in [-0.15, -0.1) is 0 Å². The van der Waals surface area contributed by atoms with E-state index in [9.17, 15) is 0 Å². The van der Waals surface area contributed by atoms with Crippen LogP contribution in [0.2, 0.25) is 0 Å². The minimum atomic E-state index is -2.19. The van der Waals surface area contributed by atoms with Crippen LogP contribution in [0.15, 0.2) is 0 Å². The molecular formula is C2GeO4. The van der Waals surface area contributed by atoms with Crippen molar-refractivity contribution in [3.63, 3.8) is 0 Å². The van der Waals surface area contributed by atoms with Gasteiger partial charge in [0.25, 0.3) is 0 Å². The molecule has 0 atom stereocenters. The second-order valence-electron chi connectivity index (χ2n) is 0.575. The number of hydrogen-bond acceptors (Lipinski definition) is 4.